The molecule has 0 unspecified atom stereocenters. The second kappa shape index (κ2) is 7.35. The quantitative estimate of drug-likeness (QED) is 0.824. The Labute approximate surface area is 136 Å². The maximum Gasteiger partial charge on any atom is 0.254 e. The Morgan fingerprint density at radius 3 is 2.77 bits per heavy atom. The SMILES string of the molecule is Cc1ccc(C(=O)NC[C@@H](C)Oc2ccccc2F)c(Br)n1. The predicted molar refractivity (Wildman–Crippen MR) is 85.5 cm³/mol. The van der Waals surface area contributed by atoms with E-state index in [4.69, 9.17) is 4.74 Å². The van der Waals surface area contributed by atoms with Crippen LogP contribution in [0.5, 0.6) is 5.75 Å². The number of carbonyl (C=O) groups excluding carboxylic acids is 1. The molecule has 6 heteroatoms. The molecule has 1 aromatic carbocycles. The maximum absolute atomic E-state index is 13.5. The fraction of sp³-hybridized carbons (Fsp3) is 0.250. The summed E-state index contributed by atoms with van der Waals surface area (Å²) in [7, 11) is 0. The van der Waals surface area contributed by atoms with Crippen LogP contribution in [-0.4, -0.2) is 23.5 Å². The number of ether oxygens (including phenoxy) is 1. The molecule has 1 amide bonds. The first-order valence-corrected chi connectivity index (χ1v) is 7.59. The molecular formula is C16H16BrFN2O2. The van der Waals surface area contributed by atoms with E-state index in [1.807, 2.05) is 6.92 Å². The van der Waals surface area contributed by atoms with Crippen molar-refractivity contribution in [2.75, 3.05) is 6.54 Å². The van der Waals surface area contributed by atoms with Crippen LogP contribution < -0.4 is 10.1 Å². The first kappa shape index (κ1) is 16.4. The first-order chi connectivity index (χ1) is 10.5. The zero-order chi connectivity index (χ0) is 16.1. The van der Waals surface area contributed by atoms with Crippen molar-refractivity contribution in [3.63, 3.8) is 0 Å². The summed E-state index contributed by atoms with van der Waals surface area (Å²) in [5.41, 5.74) is 1.27. The number of amides is 1. The lowest BCUT2D eigenvalue weighted by Crippen LogP contribution is -2.34. The largest absolute Gasteiger partial charge is 0.486 e. The van der Waals surface area contributed by atoms with E-state index in [9.17, 15) is 9.18 Å². The van der Waals surface area contributed by atoms with Crippen LogP contribution in [0.3, 0.4) is 0 Å². The number of hydrogen-bond donors (Lipinski definition) is 1. The van der Waals surface area contributed by atoms with E-state index in [1.165, 1.54) is 6.07 Å². The molecule has 116 valence electrons. The highest BCUT2D eigenvalue weighted by atomic mass is 79.9. The molecular weight excluding hydrogens is 351 g/mol. The van der Waals surface area contributed by atoms with E-state index in [0.29, 0.717) is 10.2 Å². The zero-order valence-corrected chi connectivity index (χ0v) is 13.9. The van der Waals surface area contributed by atoms with Crippen LogP contribution in [0.15, 0.2) is 41.0 Å². The lowest BCUT2D eigenvalue weighted by Gasteiger charge is -2.16. The van der Waals surface area contributed by atoms with Crippen LogP contribution in [0.2, 0.25) is 0 Å². The number of halogens is 2. The van der Waals surface area contributed by atoms with Gasteiger partial charge in [0.1, 0.15) is 10.7 Å². The summed E-state index contributed by atoms with van der Waals surface area (Å²) >= 11 is 3.27. The van der Waals surface area contributed by atoms with Gasteiger partial charge in [0.2, 0.25) is 0 Å². The molecule has 1 aromatic heterocycles. The molecule has 1 heterocycles. The minimum Gasteiger partial charge on any atom is -0.486 e. The van der Waals surface area contributed by atoms with E-state index in [-0.39, 0.29) is 24.3 Å². The summed E-state index contributed by atoms with van der Waals surface area (Å²) in [5, 5.41) is 2.74. The standard InChI is InChI=1S/C16H16BrFN2O2/c1-10-7-8-12(15(17)20-10)16(21)19-9-11(2)22-14-6-4-3-5-13(14)18/h3-8,11H,9H2,1-2H3,(H,19,21)/t11-/m1/s1. The van der Waals surface area contributed by atoms with Crippen molar-refractivity contribution in [1.82, 2.24) is 10.3 Å². The van der Waals surface area contributed by atoms with Crippen molar-refractivity contribution in [2.24, 2.45) is 0 Å². The number of para-hydroxylation sites is 1. The smallest absolute Gasteiger partial charge is 0.254 e. The number of nitrogens with one attached hydrogen (secondary N) is 1. The Bertz CT molecular complexity index is 679. The van der Waals surface area contributed by atoms with E-state index in [0.717, 1.165) is 5.69 Å². The van der Waals surface area contributed by atoms with Crippen molar-refractivity contribution in [2.45, 2.75) is 20.0 Å². The Morgan fingerprint density at radius 1 is 1.36 bits per heavy atom. The van der Waals surface area contributed by atoms with Crippen LogP contribution in [0.4, 0.5) is 4.39 Å². The molecule has 0 fully saturated rings. The highest BCUT2D eigenvalue weighted by Crippen LogP contribution is 2.17. The Hall–Kier alpha value is -1.95. The molecule has 0 aliphatic heterocycles. The summed E-state index contributed by atoms with van der Waals surface area (Å²) in [4.78, 5) is 16.3. The van der Waals surface area contributed by atoms with Crippen molar-refractivity contribution >= 4 is 21.8 Å². The fourth-order valence-corrected chi connectivity index (χ4v) is 2.42. The van der Waals surface area contributed by atoms with Crippen LogP contribution in [0.1, 0.15) is 23.0 Å². The molecule has 0 radical (unpaired) electrons. The topological polar surface area (TPSA) is 51.2 Å². The molecule has 0 bridgehead atoms. The maximum atomic E-state index is 13.5. The molecule has 0 spiro atoms. The van der Waals surface area contributed by atoms with Crippen molar-refractivity contribution in [1.29, 1.82) is 0 Å². The summed E-state index contributed by atoms with van der Waals surface area (Å²) in [6.45, 7) is 3.86. The van der Waals surface area contributed by atoms with Crippen LogP contribution >= 0.6 is 15.9 Å². The number of carbonyl (C=O) groups is 1. The molecule has 2 aromatic rings. The molecule has 0 saturated heterocycles. The number of hydrogen-bond acceptors (Lipinski definition) is 3. The third-order valence-corrected chi connectivity index (χ3v) is 3.55. The van der Waals surface area contributed by atoms with Gasteiger partial charge < -0.3 is 10.1 Å². The Morgan fingerprint density at radius 2 is 2.09 bits per heavy atom. The van der Waals surface area contributed by atoms with Crippen molar-refractivity contribution in [3.8, 4) is 5.75 Å². The lowest BCUT2D eigenvalue weighted by atomic mass is 10.2. The van der Waals surface area contributed by atoms with E-state index in [2.05, 4.69) is 26.2 Å². The molecule has 0 aliphatic rings. The van der Waals surface area contributed by atoms with Crippen LogP contribution in [0.25, 0.3) is 0 Å². The molecule has 4 nitrogen and oxygen atoms in total. The zero-order valence-electron chi connectivity index (χ0n) is 12.3. The van der Waals surface area contributed by atoms with Crippen molar-refractivity contribution in [3.05, 3.63) is 58.1 Å². The normalized spacial score (nSPS) is 11.8. The number of pyridine rings is 1. The third kappa shape index (κ3) is 4.27. The van der Waals surface area contributed by atoms with E-state index in [1.54, 1.807) is 37.3 Å². The van der Waals surface area contributed by atoms with Gasteiger partial charge in [0.25, 0.3) is 5.91 Å². The number of benzene rings is 1. The summed E-state index contributed by atoms with van der Waals surface area (Å²) < 4.78 is 19.4. The monoisotopic (exact) mass is 366 g/mol. The molecule has 22 heavy (non-hydrogen) atoms. The highest BCUT2D eigenvalue weighted by Gasteiger charge is 2.13. The number of rotatable bonds is 5. The lowest BCUT2D eigenvalue weighted by molar-refractivity contribution is 0.0930. The number of nitrogens with zero attached hydrogens (tertiary/aromatic N) is 1. The first-order valence-electron chi connectivity index (χ1n) is 6.80. The molecule has 0 aliphatic carbocycles. The van der Waals surface area contributed by atoms with Crippen molar-refractivity contribution < 1.29 is 13.9 Å². The Kier molecular flexibility index (Phi) is 5.49. The minimum atomic E-state index is -0.425. The van der Waals surface area contributed by atoms with Gasteiger partial charge in [0.05, 0.1) is 12.1 Å². The minimum absolute atomic E-state index is 0.169. The van der Waals surface area contributed by atoms with Gasteiger partial charge in [-0.1, -0.05) is 12.1 Å². The third-order valence-electron chi connectivity index (χ3n) is 2.95. The molecule has 1 N–H and O–H groups in total. The summed E-state index contributed by atoms with van der Waals surface area (Å²) in [6.07, 6.45) is -0.363. The van der Waals surface area contributed by atoms with Crippen LogP contribution in [-0.2, 0) is 0 Å². The van der Waals surface area contributed by atoms with Gasteiger partial charge in [-0.2, -0.15) is 0 Å². The van der Waals surface area contributed by atoms with Gasteiger partial charge in [0, 0.05) is 5.69 Å². The second-order valence-corrected chi connectivity index (χ2v) is 5.61. The van der Waals surface area contributed by atoms with Gasteiger partial charge in [0.15, 0.2) is 11.6 Å². The van der Waals surface area contributed by atoms with Gasteiger partial charge >= 0.3 is 0 Å². The summed E-state index contributed by atoms with van der Waals surface area (Å²) in [5.74, 6) is -0.517. The predicted octanol–water partition coefficient (Wildman–Crippen LogP) is 3.49. The molecule has 2 rings (SSSR count). The van der Waals surface area contributed by atoms with E-state index < -0.39 is 5.82 Å². The highest BCUT2D eigenvalue weighted by molar-refractivity contribution is 9.10. The van der Waals surface area contributed by atoms with Crippen LogP contribution in [0, 0.1) is 12.7 Å². The number of aryl methyl sites for hydroxylation is 1. The van der Waals surface area contributed by atoms with Gasteiger partial charge in [-0.05, 0) is 54.0 Å². The average molecular weight is 367 g/mol. The number of aromatic nitrogens is 1. The van der Waals surface area contributed by atoms with Gasteiger partial charge in [-0.25, -0.2) is 9.37 Å². The average Bonchev–Trinajstić information content (AvgIpc) is 2.47. The van der Waals surface area contributed by atoms with E-state index >= 15 is 0 Å². The van der Waals surface area contributed by atoms with Gasteiger partial charge in [-0.3, -0.25) is 4.79 Å². The second-order valence-electron chi connectivity index (χ2n) is 4.86. The molecule has 0 saturated carbocycles. The fourth-order valence-electron chi connectivity index (χ4n) is 1.82. The summed E-state index contributed by atoms with van der Waals surface area (Å²) in [6, 6.07) is 9.63. The van der Waals surface area contributed by atoms with Gasteiger partial charge in [-0.15, -0.1) is 0 Å². The Balaban J connectivity index is 1.92. The molecule has 1 atom stereocenters.